The van der Waals surface area contributed by atoms with E-state index in [2.05, 4.69) is 6.92 Å². The summed E-state index contributed by atoms with van der Waals surface area (Å²) in [4.78, 5) is 12.8. The van der Waals surface area contributed by atoms with Gasteiger partial charge in [-0.1, -0.05) is 110 Å². The van der Waals surface area contributed by atoms with Crippen molar-refractivity contribution in [2.45, 2.75) is 248 Å². The van der Waals surface area contributed by atoms with Gasteiger partial charge in [-0.25, -0.2) is 0 Å². The maximum Gasteiger partial charge on any atom is 0.311 e. The fraction of sp³-hybridized carbons (Fsp3) is 0.980. The van der Waals surface area contributed by atoms with Crippen LogP contribution in [0.15, 0.2) is 0 Å². The number of hydrogen-bond acceptors (Lipinski definition) is 13. The number of ether oxygens (including phenoxy) is 11. The molecule has 0 aromatic rings. The van der Waals surface area contributed by atoms with Crippen LogP contribution in [0.1, 0.15) is 187 Å². The summed E-state index contributed by atoms with van der Waals surface area (Å²) in [5.41, 5.74) is 0. The average molecular weight is 889 g/mol. The molecule has 3 fully saturated rings. The minimum Gasteiger partial charge on any atom is -0.469 e. The van der Waals surface area contributed by atoms with Gasteiger partial charge in [0.05, 0.1) is 68.0 Å². The number of aliphatic hydroxyl groups is 1. The Labute approximate surface area is 376 Å². The van der Waals surface area contributed by atoms with Crippen LogP contribution in [0.4, 0.5) is 0 Å². The Morgan fingerprint density at radius 2 is 1.10 bits per heavy atom. The smallest absolute Gasteiger partial charge is 0.311 e. The molecule has 0 saturated carbocycles. The van der Waals surface area contributed by atoms with E-state index < -0.39 is 24.1 Å². The van der Waals surface area contributed by atoms with Gasteiger partial charge in [-0.3, -0.25) is 4.79 Å². The number of hydrogen-bond donors (Lipinski definition) is 1. The predicted molar refractivity (Wildman–Crippen MR) is 240 cm³/mol. The molecule has 3 aliphatic rings. The van der Waals surface area contributed by atoms with Crippen LogP contribution < -0.4 is 0 Å². The van der Waals surface area contributed by atoms with Gasteiger partial charge in [0.1, 0.15) is 20.4 Å². The molecule has 3 heterocycles. The standard InChI is InChI=1S/C49H92O13/c1-7-8-9-10-11-15-18-21-26-41(58-36-53-4)43-29-31-45(61-43)46-32-30-44(62-46)42(59-37-54-5)27-22-19-16-13-12-14-17-20-25-39(57-35-52-3)34-40(49(51)55-6)48(50)38(2)60-47-28-23-24-33-56-47/h38-48,50H,7-37H2,1-6H3/t38-,39+,40?,41-,42+,43+,44+,45+,46+,47?,48?/m0/s1. The maximum absolute atomic E-state index is 12.8. The van der Waals surface area contributed by atoms with E-state index in [0.717, 1.165) is 96.3 Å². The highest BCUT2D eigenvalue weighted by molar-refractivity contribution is 5.73. The summed E-state index contributed by atoms with van der Waals surface area (Å²) in [5.74, 6) is -1.24. The summed E-state index contributed by atoms with van der Waals surface area (Å²) < 4.78 is 64.3. The first-order valence-electron chi connectivity index (χ1n) is 25.0. The quantitative estimate of drug-likeness (QED) is 0.0356. The summed E-state index contributed by atoms with van der Waals surface area (Å²) >= 11 is 0. The van der Waals surface area contributed by atoms with E-state index in [9.17, 15) is 9.90 Å². The van der Waals surface area contributed by atoms with Gasteiger partial charge in [0, 0.05) is 27.9 Å². The van der Waals surface area contributed by atoms with Crippen molar-refractivity contribution in [1.82, 2.24) is 0 Å². The first kappa shape index (κ1) is 55.4. The van der Waals surface area contributed by atoms with E-state index in [0.29, 0.717) is 19.8 Å². The van der Waals surface area contributed by atoms with Crippen molar-refractivity contribution in [3.05, 3.63) is 0 Å². The van der Waals surface area contributed by atoms with Crippen LogP contribution in [0.5, 0.6) is 0 Å². The monoisotopic (exact) mass is 889 g/mol. The second-order valence-corrected chi connectivity index (χ2v) is 18.2. The number of unbranched alkanes of at least 4 members (excludes halogenated alkanes) is 14. The highest BCUT2D eigenvalue weighted by Crippen LogP contribution is 2.36. The fourth-order valence-corrected chi connectivity index (χ4v) is 9.50. The number of carbonyl (C=O) groups excluding carboxylic acids is 1. The largest absolute Gasteiger partial charge is 0.469 e. The molecule has 366 valence electrons. The van der Waals surface area contributed by atoms with Crippen LogP contribution in [-0.4, -0.2) is 128 Å². The van der Waals surface area contributed by atoms with Crippen molar-refractivity contribution in [2.24, 2.45) is 5.92 Å². The number of methoxy groups -OCH3 is 4. The molecular formula is C49H92O13. The zero-order valence-electron chi connectivity index (χ0n) is 40.1. The van der Waals surface area contributed by atoms with Crippen LogP contribution in [0.25, 0.3) is 0 Å². The molecule has 1 N–H and O–H groups in total. The Kier molecular flexibility index (Phi) is 31.5. The van der Waals surface area contributed by atoms with Crippen LogP contribution >= 0.6 is 0 Å². The van der Waals surface area contributed by atoms with Gasteiger partial charge < -0.3 is 57.2 Å². The maximum atomic E-state index is 12.8. The van der Waals surface area contributed by atoms with Crippen molar-refractivity contribution in [2.75, 3.05) is 55.4 Å². The van der Waals surface area contributed by atoms with Crippen molar-refractivity contribution in [1.29, 1.82) is 0 Å². The molecule has 0 aromatic heterocycles. The molecule has 3 aliphatic heterocycles. The van der Waals surface area contributed by atoms with Crippen LogP contribution in [-0.2, 0) is 56.9 Å². The number of aliphatic hydroxyl groups excluding tert-OH is 1. The molecule has 3 unspecified atom stereocenters. The van der Waals surface area contributed by atoms with Gasteiger partial charge in [-0.05, 0) is 77.6 Å². The Hall–Kier alpha value is -0.970. The minimum atomic E-state index is -1.04. The molecule has 0 amide bonds. The molecule has 13 nitrogen and oxygen atoms in total. The lowest BCUT2D eigenvalue weighted by molar-refractivity contribution is -0.211. The Morgan fingerprint density at radius 3 is 1.56 bits per heavy atom. The number of esters is 1. The molecule has 0 aromatic carbocycles. The van der Waals surface area contributed by atoms with E-state index in [-0.39, 0.29) is 62.6 Å². The predicted octanol–water partition coefficient (Wildman–Crippen LogP) is 9.95. The van der Waals surface area contributed by atoms with E-state index in [1.54, 1.807) is 28.3 Å². The van der Waals surface area contributed by atoms with Crippen LogP contribution in [0.2, 0.25) is 0 Å². The van der Waals surface area contributed by atoms with Crippen LogP contribution in [0, 0.1) is 5.92 Å². The Bertz CT molecular complexity index is 1060. The molecule has 0 radical (unpaired) electrons. The van der Waals surface area contributed by atoms with Crippen LogP contribution in [0.3, 0.4) is 0 Å². The molecular weight excluding hydrogens is 797 g/mol. The van der Waals surface area contributed by atoms with Gasteiger partial charge in [-0.15, -0.1) is 0 Å². The molecule has 3 rings (SSSR count). The second kappa shape index (κ2) is 35.3. The number of rotatable bonds is 39. The lowest BCUT2D eigenvalue weighted by atomic mass is 9.90. The van der Waals surface area contributed by atoms with Crippen molar-refractivity contribution >= 4 is 5.97 Å². The molecule has 0 bridgehead atoms. The van der Waals surface area contributed by atoms with E-state index in [1.807, 2.05) is 0 Å². The molecule has 0 spiro atoms. The summed E-state index contributed by atoms with van der Waals surface area (Å²) in [6.45, 7) is 5.41. The lowest BCUT2D eigenvalue weighted by Crippen LogP contribution is -2.42. The van der Waals surface area contributed by atoms with Gasteiger partial charge >= 0.3 is 5.97 Å². The first-order valence-corrected chi connectivity index (χ1v) is 25.0. The third-order valence-corrected chi connectivity index (χ3v) is 13.2. The van der Waals surface area contributed by atoms with Gasteiger partial charge in [0.2, 0.25) is 0 Å². The van der Waals surface area contributed by atoms with Gasteiger partial charge in [0.15, 0.2) is 6.29 Å². The van der Waals surface area contributed by atoms with Gasteiger partial charge in [0.25, 0.3) is 0 Å². The normalized spacial score (nSPS) is 24.8. The third kappa shape index (κ3) is 22.5. The minimum absolute atomic E-state index is 0.0201. The fourth-order valence-electron chi connectivity index (χ4n) is 9.50. The first-order chi connectivity index (χ1) is 30.3. The Balaban J connectivity index is 1.32. The van der Waals surface area contributed by atoms with E-state index in [1.165, 1.54) is 77.7 Å². The van der Waals surface area contributed by atoms with Gasteiger partial charge in [-0.2, -0.15) is 0 Å². The summed E-state index contributed by atoms with van der Waals surface area (Å²) in [5, 5.41) is 11.2. The second-order valence-electron chi connectivity index (χ2n) is 18.2. The third-order valence-electron chi connectivity index (χ3n) is 13.2. The Morgan fingerprint density at radius 1 is 0.613 bits per heavy atom. The highest BCUT2D eigenvalue weighted by atomic mass is 16.7. The summed E-state index contributed by atoms with van der Waals surface area (Å²) in [7, 11) is 6.31. The SMILES string of the molecule is CCCCCCCCCC[C@H](OCOC)[C@H]1CC[C@H]([C@H]2CC[C@H]([C@@H](CCCCCCCCCC[C@H](CC(C(=O)OC)C(O)[C@H](C)OC3CCCCO3)OCOC)OCOC)O2)O1. The number of carbonyl (C=O) groups is 1. The molecule has 11 atom stereocenters. The lowest BCUT2D eigenvalue weighted by Gasteiger charge is -2.32. The topological polar surface area (TPSA) is 139 Å². The van der Waals surface area contributed by atoms with Crippen molar-refractivity contribution < 1.29 is 62.0 Å². The molecule has 13 heteroatoms. The zero-order chi connectivity index (χ0) is 44.6. The van der Waals surface area contributed by atoms with Crippen molar-refractivity contribution in [3.8, 4) is 0 Å². The summed E-state index contributed by atoms with van der Waals surface area (Å²) in [6.07, 6.45) is 27.5. The average Bonchev–Trinajstić information content (AvgIpc) is 3.99. The molecule has 62 heavy (non-hydrogen) atoms. The zero-order valence-corrected chi connectivity index (χ0v) is 40.1. The summed E-state index contributed by atoms with van der Waals surface area (Å²) in [6, 6.07) is 0. The van der Waals surface area contributed by atoms with E-state index in [4.69, 9.17) is 52.1 Å². The molecule has 0 aliphatic carbocycles. The van der Waals surface area contributed by atoms with E-state index >= 15 is 0 Å². The highest BCUT2D eigenvalue weighted by Gasteiger charge is 2.42. The van der Waals surface area contributed by atoms with Crippen molar-refractivity contribution in [3.63, 3.8) is 0 Å². The molecule has 3 saturated heterocycles.